The average Bonchev–Trinajstić information content (AvgIpc) is 3.12. The molecule has 1 saturated heterocycles. The predicted octanol–water partition coefficient (Wildman–Crippen LogP) is 3.31. The Morgan fingerprint density at radius 2 is 2.08 bits per heavy atom. The zero-order valence-corrected chi connectivity index (χ0v) is 15.0. The summed E-state index contributed by atoms with van der Waals surface area (Å²) in [4.78, 5) is 19.1. The maximum atomic E-state index is 12.9. The first-order valence-corrected chi connectivity index (χ1v) is 8.55. The van der Waals surface area contributed by atoms with E-state index in [0.29, 0.717) is 6.42 Å². The standard InChI is InChI=1S/C20H24N2O3/c1-14-6-7-15(13-21-14)11-20(23)22-10-4-5-18(22)17-12-16(24-2)8-9-19(17)25-3/h6-9,12-13,18H,4-5,10-11H2,1-3H3/t18-/m1/s1. The molecular weight excluding hydrogens is 316 g/mol. The average molecular weight is 340 g/mol. The SMILES string of the molecule is COc1ccc(OC)c([C@H]2CCCN2C(=O)Cc2ccc(C)nc2)c1. The molecule has 0 aliphatic carbocycles. The lowest BCUT2D eigenvalue weighted by atomic mass is 10.0. The monoisotopic (exact) mass is 340 g/mol. The molecule has 2 heterocycles. The zero-order chi connectivity index (χ0) is 17.8. The van der Waals surface area contributed by atoms with E-state index in [1.54, 1.807) is 20.4 Å². The fraction of sp³-hybridized carbons (Fsp3) is 0.400. The van der Waals surface area contributed by atoms with Crippen LogP contribution in [0.2, 0.25) is 0 Å². The maximum absolute atomic E-state index is 12.9. The van der Waals surface area contributed by atoms with Gasteiger partial charge in [0.2, 0.25) is 5.91 Å². The first kappa shape index (κ1) is 17.3. The molecule has 0 N–H and O–H groups in total. The van der Waals surface area contributed by atoms with Crippen molar-refractivity contribution >= 4 is 5.91 Å². The summed E-state index contributed by atoms with van der Waals surface area (Å²) in [5.41, 5.74) is 2.91. The smallest absolute Gasteiger partial charge is 0.227 e. The van der Waals surface area contributed by atoms with E-state index in [0.717, 1.165) is 47.7 Å². The molecule has 0 radical (unpaired) electrons. The van der Waals surface area contributed by atoms with Crippen LogP contribution in [0.4, 0.5) is 0 Å². The van der Waals surface area contributed by atoms with Crippen molar-refractivity contribution in [3.63, 3.8) is 0 Å². The van der Waals surface area contributed by atoms with Gasteiger partial charge >= 0.3 is 0 Å². The minimum atomic E-state index is 0.0240. The van der Waals surface area contributed by atoms with E-state index in [1.165, 1.54) is 0 Å². The lowest BCUT2D eigenvalue weighted by molar-refractivity contribution is -0.131. The quantitative estimate of drug-likeness (QED) is 0.838. The van der Waals surface area contributed by atoms with E-state index in [-0.39, 0.29) is 11.9 Å². The molecule has 0 spiro atoms. The van der Waals surface area contributed by atoms with E-state index >= 15 is 0 Å². The van der Waals surface area contributed by atoms with Crippen molar-refractivity contribution in [2.24, 2.45) is 0 Å². The van der Waals surface area contributed by atoms with Gasteiger partial charge in [-0.15, -0.1) is 0 Å². The summed E-state index contributed by atoms with van der Waals surface area (Å²) < 4.78 is 10.9. The van der Waals surface area contributed by atoms with E-state index in [9.17, 15) is 4.79 Å². The number of methoxy groups -OCH3 is 2. The second kappa shape index (κ2) is 7.55. The molecule has 0 unspecified atom stereocenters. The summed E-state index contributed by atoms with van der Waals surface area (Å²) in [6, 6.07) is 9.69. The first-order valence-electron chi connectivity index (χ1n) is 8.55. The van der Waals surface area contributed by atoms with Gasteiger partial charge in [-0.05, 0) is 49.6 Å². The molecule has 0 saturated carbocycles. The van der Waals surface area contributed by atoms with Gasteiger partial charge in [-0.25, -0.2) is 0 Å². The van der Waals surface area contributed by atoms with Crippen LogP contribution < -0.4 is 9.47 Å². The van der Waals surface area contributed by atoms with Crippen LogP contribution in [0.5, 0.6) is 11.5 Å². The number of benzene rings is 1. The molecule has 5 nitrogen and oxygen atoms in total. The molecule has 25 heavy (non-hydrogen) atoms. The van der Waals surface area contributed by atoms with Crippen LogP contribution in [0, 0.1) is 6.92 Å². The highest BCUT2D eigenvalue weighted by atomic mass is 16.5. The van der Waals surface area contributed by atoms with Crippen molar-refractivity contribution in [3.05, 3.63) is 53.3 Å². The summed E-state index contributed by atoms with van der Waals surface area (Å²) in [7, 11) is 3.30. The fourth-order valence-corrected chi connectivity index (χ4v) is 3.37. The molecule has 2 aromatic rings. The van der Waals surface area contributed by atoms with Gasteiger partial charge in [-0.1, -0.05) is 6.07 Å². The molecule has 1 aliphatic heterocycles. The minimum Gasteiger partial charge on any atom is -0.497 e. The number of pyridine rings is 1. The molecular formula is C20H24N2O3. The number of rotatable bonds is 5. The highest BCUT2D eigenvalue weighted by Crippen LogP contribution is 2.39. The lowest BCUT2D eigenvalue weighted by Gasteiger charge is -2.27. The van der Waals surface area contributed by atoms with Gasteiger partial charge in [0.1, 0.15) is 11.5 Å². The Morgan fingerprint density at radius 1 is 1.24 bits per heavy atom. The molecule has 1 atom stereocenters. The van der Waals surface area contributed by atoms with Crippen molar-refractivity contribution in [2.45, 2.75) is 32.2 Å². The topological polar surface area (TPSA) is 51.7 Å². The third-order valence-corrected chi connectivity index (χ3v) is 4.70. The van der Waals surface area contributed by atoms with Gasteiger partial charge in [-0.3, -0.25) is 9.78 Å². The summed E-state index contributed by atoms with van der Waals surface area (Å²) in [6.45, 7) is 2.71. The lowest BCUT2D eigenvalue weighted by Crippen LogP contribution is -2.32. The van der Waals surface area contributed by atoms with Gasteiger partial charge in [0.15, 0.2) is 0 Å². The molecule has 5 heteroatoms. The van der Waals surface area contributed by atoms with Crippen molar-refractivity contribution < 1.29 is 14.3 Å². The Balaban J connectivity index is 1.82. The predicted molar refractivity (Wildman–Crippen MR) is 95.9 cm³/mol. The van der Waals surface area contributed by atoms with Gasteiger partial charge in [-0.2, -0.15) is 0 Å². The fourth-order valence-electron chi connectivity index (χ4n) is 3.37. The summed E-state index contributed by atoms with van der Waals surface area (Å²) in [5.74, 6) is 1.69. The summed E-state index contributed by atoms with van der Waals surface area (Å²) in [6.07, 6.45) is 4.07. The highest BCUT2D eigenvalue weighted by molar-refractivity contribution is 5.79. The van der Waals surface area contributed by atoms with Crippen LogP contribution in [0.15, 0.2) is 36.5 Å². The molecule has 132 valence electrons. The molecule has 0 bridgehead atoms. The number of hydrogen-bond donors (Lipinski definition) is 0. The number of nitrogens with zero attached hydrogens (tertiary/aromatic N) is 2. The third-order valence-electron chi connectivity index (χ3n) is 4.70. The second-order valence-electron chi connectivity index (χ2n) is 6.34. The second-order valence-corrected chi connectivity index (χ2v) is 6.34. The van der Waals surface area contributed by atoms with E-state index in [1.807, 2.05) is 42.2 Å². The van der Waals surface area contributed by atoms with Gasteiger partial charge in [0.25, 0.3) is 0 Å². The Labute approximate surface area is 148 Å². The van der Waals surface area contributed by atoms with Crippen LogP contribution in [-0.2, 0) is 11.2 Å². The number of amides is 1. The summed E-state index contributed by atoms with van der Waals surface area (Å²) in [5, 5.41) is 0. The number of aromatic nitrogens is 1. The van der Waals surface area contributed by atoms with Gasteiger partial charge < -0.3 is 14.4 Å². The highest BCUT2D eigenvalue weighted by Gasteiger charge is 2.32. The van der Waals surface area contributed by atoms with E-state index < -0.39 is 0 Å². The third kappa shape index (κ3) is 3.76. The van der Waals surface area contributed by atoms with E-state index in [4.69, 9.17) is 9.47 Å². The van der Waals surface area contributed by atoms with Crippen molar-refractivity contribution in [1.82, 2.24) is 9.88 Å². The maximum Gasteiger partial charge on any atom is 0.227 e. The molecule has 1 fully saturated rings. The number of hydrogen-bond acceptors (Lipinski definition) is 4. The van der Waals surface area contributed by atoms with Crippen LogP contribution in [0.25, 0.3) is 0 Å². The number of likely N-dealkylation sites (tertiary alicyclic amines) is 1. The normalized spacial score (nSPS) is 16.8. The van der Waals surface area contributed by atoms with Crippen molar-refractivity contribution in [2.75, 3.05) is 20.8 Å². The molecule has 1 amide bonds. The number of carbonyl (C=O) groups excluding carboxylic acids is 1. The van der Waals surface area contributed by atoms with Crippen LogP contribution in [-0.4, -0.2) is 36.6 Å². The van der Waals surface area contributed by atoms with Crippen LogP contribution >= 0.6 is 0 Å². The molecule has 3 rings (SSSR count). The molecule has 1 aromatic carbocycles. The number of ether oxygens (including phenoxy) is 2. The minimum absolute atomic E-state index is 0.0240. The van der Waals surface area contributed by atoms with Gasteiger partial charge in [0, 0.05) is 24.0 Å². The Bertz CT molecular complexity index is 743. The zero-order valence-electron chi connectivity index (χ0n) is 15.0. The van der Waals surface area contributed by atoms with Gasteiger partial charge in [0.05, 0.1) is 26.7 Å². The summed E-state index contributed by atoms with van der Waals surface area (Å²) >= 11 is 0. The molecule has 1 aliphatic rings. The first-order chi connectivity index (χ1) is 12.1. The van der Waals surface area contributed by atoms with Crippen molar-refractivity contribution in [1.29, 1.82) is 0 Å². The number of carbonyl (C=O) groups is 1. The van der Waals surface area contributed by atoms with Crippen LogP contribution in [0.1, 0.15) is 35.7 Å². The Kier molecular flexibility index (Phi) is 5.22. The Hall–Kier alpha value is -2.56. The number of aryl methyl sites for hydroxylation is 1. The van der Waals surface area contributed by atoms with E-state index in [2.05, 4.69) is 4.98 Å². The van der Waals surface area contributed by atoms with Crippen molar-refractivity contribution in [3.8, 4) is 11.5 Å². The Morgan fingerprint density at radius 3 is 2.76 bits per heavy atom. The van der Waals surface area contributed by atoms with Crippen LogP contribution in [0.3, 0.4) is 0 Å². The largest absolute Gasteiger partial charge is 0.497 e. The molecule has 1 aromatic heterocycles.